The van der Waals surface area contributed by atoms with Crippen LogP contribution in [-0.2, 0) is 14.3 Å². The zero-order chi connectivity index (χ0) is 21.8. The molecule has 4 nitrogen and oxygen atoms in total. The Balaban J connectivity index is 2.10. The maximum Gasteiger partial charge on any atom is 0.310 e. The number of ether oxygens (including phenoxy) is 1. The summed E-state index contributed by atoms with van der Waals surface area (Å²) in [7, 11) is 0. The molecular formula is C25H44O4. The predicted octanol–water partition coefficient (Wildman–Crippen LogP) is 6.32. The first-order valence-corrected chi connectivity index (χ1v) is 12.0. The van der Waals surface area contributed by atoms with E-state index in [-0.39, 0.29) is 17.5 Å². The highest BCUT2D eigenvalue weighted by molar-refractivity contribution is 5.81. The summed E-state index contributed by atoms with van der Waals surface area (Å²) < 4.78 is 6.18. The van der Waals surface area contributed by atoms with Crippen LogP contribution in [0.5, 0.6) is 0 Å². The van der Waals surface area contributed by atoms with Gasteiger partial charge in [-0.1, -0.05) is 48.0 Å². The van der Waals surface area contributed by atoms with E-state index in [0.29, 0.717) is 30.6 Å². The van der Waals surface area contributed by atoms with Crippen LogP contribution in [-0.4, -0.2) is 23.1 Å². The lowest BCUT2D eigenvalue weighted by Crippen LogP contribution is -2.40. The molecule has 168 valence electrons. The van der Waals surface area contributed by atoms with Gasteiger partial charge in [-0.15, -0.1) is 0 Å². The van der Waals surface area contributed by atoms with Crippen LogP contribution in [0.2, 0.25) is 0 Å². The van der Waals surface area contributed by atoms with Gasteiger partial charge in [0.25, 0.3) is 0 Å². The number of hydrogen-bond acceptors (Lipinski definition) is 3. The SMILES string of the molecule is CCC(C)(C)CC(OC(=O)C1CCC(C)CC1C(=O)O)C1CCC(C(C)C)CC1. The summed E-state index contributed by atoms with van der Waals surface area (Å²) >= 11 is 0. The first-order valence-electron chi connectivity index (χ1n) is 12.0. The van der Waals surface area contributed by atoms with Crippen LogP contribution >= 0.6 is 0 Å². The molecule has 0 aromatic carbocycles. The molecule has 4 atom stereocenters. The van der Waals surface area contributed by atoms with E-state index in [1.807, 2.05) is 0 Å². The molecule has 4 unspecified atom stereocenters. The number of carboxylic acid groups (broad SMARTS) is 1. The summed E-state index contributed by atoms with van der Waals surface area (Å²) in [6, 6.07) is 0. The minimum atomic E-state index is -0.846. The third-order valence-corrected chi connectivity index (χ3v) is 8.00. The molecule has 0 aliphatic heterocycles. The smallest absolute Gasteiger partial charge is 0.310 e. The lowest BCUT2D eigenvalue weighted by molar-refractivity contribution is -0.169. The van der Waals surface area contributed by atoms with E-state index < -0.39 is 17.8 Å². The van der Waals surface area contributed by atoms with E-state index in [9.17, 15) is 14.7 Å². The van der Waals surface area contributed by atoms with Crippen LogP contribution in [0.25, 0.3) is 0 Å². The third-order valence-electron chi connectivity index (χ3n) is 8.00. The highest BCUT2D eigenvalue weighted by Gasteiger charge is 2.41. The monoisotopic (exact) mass is 408 g/mol. The van der Waals surface area contributed by atoms with Gasteiger partial charge in [0.15, 0.2) is 0 Å². The van der Waals surface area contributed by atoms with Crippen LogP contribution < -0.4 is 0 Å². The molecule has 0 amide bonds. The van der Waals surface area contributed by atoms with Crippen molar-refractivity contribution >= 4 is 11.9 Å². The van der Waals surface area contributed by atoms with Crippen LogP contribution in [0.1, 0.15) is 99.3 Å². The molecule has 0 aromatic heterocycles. The van der Waals surface area contributed by atoms with Gasteiger partial charge >= 0.3 is 11.9 Å². The Morgan fingerprint density at radius 2 is 1.59 bits per heavy atom. The second kappa shape index (κ2) is 10.3. The molecule has 0 aromatic rings. The van der Waals surface area contributed by atoms with Crippen LogP contribution in [0.4, 0.5) is 0 Å². The molecule has 29 heavy (non-hydrogen) atoms. The van der Waals surface area contributed by atoms with Gasteiger partial charge in [0.1, 0.15) is 6.10 Å². The van der Waals surface area contributed by atoms with E-state index in [0.717, 1.165) is 38.0 Å². The molecule has 1 N–H and O–H groups in total. The van der Waals surface area contributed by atoms with Crippen molar-refractivity contribution in [1.29, 1.82) is 0 Å². The Hall–Kier alpha value is -1.06. The summed E-state index contributed by atoms with van der Waals surface area (Å²) in [5.74, 6) is 0.0775. The molecule has 2 aliphatic carbocycles. The lowest BCUT2D eigenvalue weighted by Gasteiger charge is -2.39. The molecular weight excluding hydrogens is 364 g/mol. The van der Waals surface area contributed by atoms with Crippen LogP contribution in [0.3, 0.4) is 0 Å². The average Bonchev–Trinajstić information content (AvgIpc) is 2.67. The van der Waals surface area contributed by atoms with E-state index in [4.69, 9.17) is 4.74 Å². The predicted molar refractivity (Wildman–Crippen MR) is 116 cm³/mol. The van der Waals surface area contributed by atoms with Crippen molar-refractivity contribution in [3.8, 4) is 0 Å². The van der Waals surface area contributed by atoms with Crippen molar-refractivity contribution in [3.63, 3.8) is 0 Å². The highest BCUT2D eigenvalue weighted by Crippen LogP contribution is 2.41. The van der Waals surface area contributed by atoms with Gasteiger partial charge in [0.2, 0.25) is 0 Å². The van der Waals surface area contributed by atoms with Gasteiger partial charge in [-0.3, -0.25) is 9.59 Å². The van der Waals surface area contributed by atoms with Crippen molar-refractivity contribution in [2.45, 2.75) is 105 Å². The maximum absolute atomic E-state index is 13.1. The van der Waals surface area contributed by atoms with Crippen LogP contribution in [0, 0.1) is 40.9 Å². The zero-order valence-corrected chi connectivity index (χ0v) is 19.6. The fourth-order valence-corrected chi connectivity index (χ4v) is 5.35. The fraction of sp³-hybridized carbons (Fsp3) is 0.920. The van der Waals surface area contributed by atoms with E-state index >= 15 is 0 Å². The molecule has 0 saturated heterocycles. The summed E-state index contributed by atoms with van der Waals surface area (Å²) in [5, 5.41) is 9.66. The molecule has 0 heterocycles. The number of rotatable bonds is 8. The van der Waals surface area contributed by atoms with Crippen molar-refractivity contribution < 1.29 is 19.4 Å². The molecule has 2 fully saturated rings. The second-order valence-corrected chi connectivity index (χ2v) is 11.1. The van der Waals surface area contributed by atoms with Gasteiger partial charge in [0.05, 0.1) is 11.8 Å². The Bertz CT molecular complexity index is 545. The normalized spacial score (nSPS) is 32.0. The fourth-order valence-electron chi connectivity index (χ4n) is 5.35. The van der Waals surface area contributed by atoms with Crippen LogP contribution in [0.15, 0.2) is 0 Å². The van der Waals surface area contributed by atoms with E-state index in [2.05, 4.69) is 41.5 Å². The minimum absolute atomic E-state index is 0.0839. The van der Waals surface area contributed by atoms with Crippen molar-refractivity contribution in [1.82, 2.24) is 0 Å². The van der Waals surface area contributed by atoms with Gasteiger partial charge < -0.3 is 9.84 Å². The Morgan fingerprint density at radius 3 is 2.10 bits per heavy atom. The highest BCUT2D eigenvalue weighted by atomic mass is 16.5. The number of carbonyl (C=O) groups excluding carboxylic acids is 1. The number of carbonyl (C=O) groups is 2. The number of hydrogen-bond donors (Lipinski definition) is 1. The largest absolute Gasteiger partial charge is 0.481 e. The molecule has 0 radical (unpaired) electrons. The third kappa shape index (κ3) is 6.72. The quantitative estimate of drug-likeness (QED) is 0.477. The van der Waals surface area contributed by atoms with Gasteiger partial charge in [0, 0.05) is 0 Å². The number of aliphatic carboxylic acids is 1. The zero-order valence-electron chi connectivity index (χ0n) is 19.6. The number of esters is 1. The minimum Gasteiger partial charge on any atom is -0.481 e. The van der Waals surface area contributed by atoms with Gasteiger partial charge in [-0.05, 0) is 80.5 Å². The average molecular weight is 409 g/mol. The molecule has 2 aliphatic rings. The Kier molecular flexibility index (Phi) is 8.60. The topological polar surface area (TPSA) is 63.6 Å². The standard InChI is InChI=1S/C25H44O4/c1-7-25(5,6)15-22(19-11-9-18(10-12-19)16(2)3)29-24(28)20-13-8-17(4)14-21(20)23(26)27/h16-22H,7-15H2,1-6H3,(H,26,27). The Morgan fingerprint density at radius 1 is 1.00 bits per heavy atom. The Labute approximate surface area is 178 Å². The molecule has 4 heteroatoms. The second-order valence-electron chi connectivity index (χ2n) is 11.1. The summed E-state index contributed by atoms with van der Waals surface area (Å²) in [6.07, 6.45) is 8.61. The van der Waals surface area contributed by atoms with Crippen molar-refractivity contribution in [3.05, 3.63) is 0 Å². The number of carboxylic acids is 1. The van der Waals surface area contributed by atoms with E-state index in [1.54, 1.807) is 0 Å². The lowest BCUT2D eigenvalue weighted by atomic mass is 9.71. The first kappa shape index (κ1) is 24.2. The first-order chi connectivity index (χ1) is 13.5. The molecule has 0 bridgehead atoms. The van der Waals surface area contributed by atoms with Crippen molar-refractivity contribution in [2.75, 3.05) is 0 Å². The van der Waals surface area contributed by atoms with Gasteiger partial charge in [-0.2, -0.15) is 0 Å². The van der Waals surface area contributed by atoms with E-state index in [1.165, 1.54) is 12.8 Å². The summed E-state index contributed by atoms with van der Waals surface area (Å²) in [4.78, 5) is 24.9. The summed E-state index contributed by atoms with van der Waals surface area (Å²) in [6.45, 7) is 13.4. The van der Waals surface area contributed by atoms with Gasteiger partial charge in [-0.25, -0.2) is 0 Å². The maximum atomic E-state index is 13.1. The summed E-state index contributed by atoms with van der Waals surface area (Å²) in [5.41, 5.74) is 0.118. The molecule has 0 spiro atoms. The van der Waals surface area contributed by atoms with Crippen molar-refractivity contribution in [2.24, 2.45) is 40.9 Å². The molecule has 2 saturated carbocycles. The molecule has 2 rings (SSSR count).